The molecular weight excluding hydrogens is 270 g/mol. The van der Waals surface area contributed by atoms with E-state index in [9.17, 15) is 8.42 Å². The fraction of sp³-hybridized carbons (Fsp3) is 0.727. The lowest BCUT2D eigenvalue weighted by Crippen LogP contribution is -2.40. The second kappa shape index (κ2) is 5.99. The molecule has 2 rings (SSSR count). The maximum absolute atomic E-state index is 11.4. The van der Waals surface area contributed by atoms with Crippen LogP contribution in [-0.2, 0) is 16.4 Å². The highest BCUT2D eigenvalue weighted by Crippen LogP contribution is 2.22. The molecule has 0 radical (unpaired) electrons. The molecule has 102 valence electrons. The van der Waals surface area contributed by atoms with Gasteiger partial charge in [0.1, 0.15) is 0 Å². The zero-order valence-corrected chi connectivity index (χ0v) is 12.2. The van der Waals surface area contributed by atoms with Gasteiger partial charge in [0, 0.05) is 25.0 Å². The molecule has 0 bridgehead atoms. The Hall–Kier alpha value is -0.660. The van der Waals surface area contributed by atoms with Crippen molar-refractivity contribution in [2.45, 2.75) is 19.9 Å². The molecule has 5 nitrogen and oxygen atoms in total. The van der Waals surface area contributed by atoms with Gasteiger partial charge in [-0.25, -0.2) is 13.4 Å². The largest absolute Gasteiger partial charge is 0.346 e. The Balaban J connectivity index is 1.90. The number of nitrogens with zero attached hydrogens (tertiary/aromatic N) is 2. The van der Waals surface area contributed by atoms with Crippen LogP contribution in [0.5, 0.6) is 0 Å². The van der Waals surface area contributed by atoms with Crippen LogP contribution >= 0.6 is 11.3 Å². The van der Waals surface area contributed by atoms with E-state index in [-0.39, 0.29) is 11.5 Å². The molecule has 1 N–H and O–H groups in total. The van der Waals surface area contributed by atoms with Crippen LogP contribution in [0.1, 0.15) is 19.0 Å². The molecule has 1 aromatic heterocycles. The van der Waals surface area contributed by atoms with E-state index in [1.54, 1.807) is 11.3 Å². The van der Waals surface area contributed by atoms with Gasteiger partial charge >= 0.3 is 0 Å². The standard InChI is InChI=1S/C11H19N3O2S2/c1-2-3-12-8-10-9-17-11(13-10)14-4-6-18(15,16)7-5-14/h9,12H,2-8H2,1H3. The highest BCUT2D eigenvalue weighted by Gasteiger charge is 2.23. The zero-order chi connectivity index (χ0) is 13.0. The summed E-state index contributed by atoms with van der Waals surface area (Å²) >= 11 is 1.59. The van der Waals surface area contributed by atoms with E-state index in [0.29, 0.717) is 13.1 Å². The van der Waals surface area contributed by atoms with Crippen molar-refractivity contribution in [3.05, 3.63) is 11.1 Å². The summed E-state index contributed by atoms with van der Waals surface area (Å²) in [6, 6.07) is 0. The van der Waals surface area contributed by atoms with Crippen molar-refractivity contribution in [2.24, 2.45) is 0 Å². The monoisotopic (exact) mass is 289 g/mol. The van der Waals surface area contributed by atoms with Gasteiger partial charge in [-0.15, -0.1) is 11.3 Å². The molecule has 2 heterocycles. The minimum Gasteiger partial charge on any atom is -0.346 e. The van der Waals surface area contributed by atoms with Crippen LogP contribution in [0.25, 0.3) is 0 Å². The molecule has 0 aliphatic carbocycles. The van der Waals surface area contributed by atoms with E-state index < -0.39 is 9.84 Å². The van der Waals surface area contributed by atoms with Crippen LogP contribution in [-0.4, -0.2) is 44.5 Å². The van der Waals surface area contributed by atoms with Crippen molar-refractivity contribution in [1.29, 1.82) is 0 Å². The highest BCUT2D eigenvalue weighted by molar-refractivity contribution is 7.91. The molecule has 0 unspecified atom stereocenters. The molecule has 18 heavy (non-hydrogen) atoms. The van der Waals surface area contributed by atoms with Gasteiger partial charge in [0.05, 0.1) is 17.2 Å². The quantitative estimate of drug-likeness (QED) is 0.815. The summed E-state index contributed by atoms with van der Waals surface area (Å²) in [5, 5.41) is 6.30. The maximum atomic E-state index is 11.4. The van der Waals surface area contributed by atoms with Gasteiger partial charge < -0.3 is 10.2 Å². The van der Waals surface area contributed by atoms with Crippen molar-refractivity contribution < 1.29 is 8.42 Å². The summed E-state index contributed by atoms with van der Waals surface area (Å²) < 4.78 is 22.7. The number of rotatable bonds is 5. The van der Waals surface area contributed by atoms with Crippen LogP contribution < -0.4 is 10.2 Å². The van der Waals surface area contributed by atoms with Gasteiger partial charge in [-0.3, -0.25) is 0 Å². The maximum Gasteiger partial charge on any atom is 0.185 e. The summed E-state index contributed by atoms with van der Waals surface area (Å²) in [4.78, 5) is 6.61. The highest BCUT2D eigenvalue weighted by atomic mass is 32.2. The zero-order valence-electron chi connectivity index (χ0n) is 10.6. The van der Waals surface area contributed by atoms with Gasteiger partial charge in [0.2, 0.25) is 0 Å². The lowest BCUT2D eigenvalue weighted by Gasteiger charge is -2.25. The topological polar surface area (TPSA) is 62.3 Å². The second-order valence-electron chi connectivity index (χ2n) is 4.44. The molecule has 1 aromatic rings. The number of anilines is 1. The summed E-state index contributed by atoms with van der Waals surface area (Å²) in [6.07, 6.45) is 1.11. The molecular formula is C11H19N3O2S2. The third kappa shape index (κ3) is 3.66. The predicted molar refractivity (Wildman–Crippen MR) is 75.0 cm³/mol. The molecule has 1 saturated heterocycles. The first-order valence-electron chi connectivity index (χ1n) is 6.21. The number of nitrogens with one attached hydrogen (secondary N) is 1. The number of hydrogen-bond donors (Lipinski definition) is 1. The van der Waals surface area contributed by atoms with E-state index in [1.165, 1.54) is 0 Å². The summed E-state index contributed by atoms with van der Waals surface area (Å²) in [6.45, 7) is 5.05. The van der Waals surface area contributed by atoms with E-state index >= 15 is 0 Å². The van der Waals surface area contributed by atoms with E-state index in [2.05, 4.69) is 22.1 Å². The lowest BCUT2D eigenvalue weighted by molar-refractivity contribution is 0.586. The average Bonchev–Trinajstić information content (AvgIpc) is 2.78. The van der Waals surface area contributed by atoms with Gasteiger partial charge in [0.15, 0.2) is 15.0 Å². The van der Waals surface area contributed by atoms with Gasteiger partial charge in [-0.2, -0.15) is 0 Å². The third-order valence-electron chi connectivity index (χ3n) is 2.89. The predicted octanol–water partition coefficient (Wildman–Crippen LogP) is 0.877. The molecule has 0 amide bonds. The second-order valence-corrected chi connectivity index (χ2v) is 7.58. The Labute approximate surface area is 112 Å². The first-order chi connectivity index (χ1) is 8.61. The van der Waals surface area contributed by atoms with Crippen LogP contribution in [0.4, 0.5) is 5.13 Å². The number of thiazole rings is 1. The van der Waals surface area contributed by atoms with Crippen molar-refractivity contribution in [2.75, 3.05) is 36.0 Å². The molecule has 1 aliphatic heterocycles. The molecule has 1 aliphatic rings. The molecule has 7 heteroatoms. The number of hydrogen-bond acceptors (Lipinski definition) is 6. The first kappa shape index (κ1) is 13.8. The van der Waals surface area contributed by atoms with E-state index in [1.807, 2.05) is 5.38 Å². The Morgan fingerprint density at radius 2 is 2.17 bits per heavy atom. The minimum atomic E-state index is -2.81. The van der Waals surface area contributed by atoms with Crippen molar-refractivity contribution in [3.63, 3.8) is 0 Å². The number of sulfone groups is 1. The summed E-state index contributed by atoms with van der Waals surface area (Å²) in [7, 11) is -2.81. The fourth-order valence-electron chi connectivity index (χ4n) is 1.82. The number of aromatic nitrogens is 1. The molecule has 1 fully saturated rings. The van der Waals surface area contributed by atoms with Crippen LogP contribution in [0.15, 0.2) is 5.38 Å². The smallest absolute Gasteiger partial charge is 0.185 e. The SMILES string of the molecule is CCCNCc1csc(N2CCS(=O)(=O)CC2)n1. The fourth-order valence-corrected chi connectivity index (χ4v) is 3.90. The average molecular weight is 289 g/mol. The van der Waals surface area contributed by atoms with Crippen LogP contribution in [0.2, 0.25) is 0 Å². The van der Waals surface area contributed by atoms with Crippen molar-refractivity contribution >= 4 is 26.3 Å². The summed E-state index contributed by atoms with van der Waals surface area (Å²) in [5.74, 6) is 0.492. The van der Waals surface area contributed by atoms with Gasteiger partial charge in [-0.05, 0) is 13.0 Å². The molecule has 0 atom stereocenters. The van der Waals surface area contributed by atoms with Crippen LogP contribution in [0.3, 0.4) is 0 Å². The first-order valence-corrected chi connectivity index (χ1v) is 8.91. The van der Waals surface area contributed by atoms with Gasteiger partial charge in [-0.1, -0.05) is 6.92 Å². The molecule has 0 spiro atoms. The molecule has 0 saturated carbocycles. The third-order valence-corrected chi connectivity index (χ3v) is 5.45. The summed E-state index contributed by atoms with van der Waals surface area (Å²) in [5.41, 5.74) is 1.04. The Morgan fingerprint density at radius 1 is 1.44 bits per heavy atom. The normalized spacial score (nSPS) is 19.1. The molecule has 0 aromatic carbocycles. The minimum absolute atomic E-state index is 0.246. The van der Waals surface area contributed by atoms with E-state index in [4.69, 9.17) is 0 Å². The van der Waals surface area contributed by atoms with Gasteiger partial charge in [0.25, 0.3) is 0 Å². The lowest BCUT2D eigenvalue weighted by atomic mass is 10.4. The van der Waals surface area contributed by atoms with Crippen LogP contribution in [0, 0.1) is 0 Å². The van der Waals surface area contributed by atoms with E-state index in [0.717, 1.165) is 30.3 Å². The Morgan fingerprint density at radius 3 is 2.83 bits per heavy atom. The Kier molecular flexibility index (Phi) is 4.58. The Bertz CT molecular complexity index is 470. The van der Waals surface area contributed by atoms with Crippen molar-refractivity contribution in [1.82, 2.24) is 10.3 Å². The van der Waals surface area contributed by atoms with Crippen molar-refractivity contribution in [3.8, 4) is 0 Å².